The van der Waals surface area contributed by atoms with Crippen molar-refractivity contribution in [3.8, 4) is 0 Å². The summed E-state index contributed by atoms with van der Waals surface area (Å²) in [6.45, 7) is 6.89. The van der Waals surface area contributed by atoms with E-state index in [1.807, 2.05) is 64.0 Å². The lowest BCUT2D eigenvalue weighted by Gasteiger charge is -2.23. The van der Waals surface area contributed by atoms with Crippen molar-refractivity contribution in [2.24, 2.45) is 0 Å². The van der Waals surface area contributed by atoms with Crippen LogP contribution in [0.1, 0.15) is 19.4 Å². The quantitative estimate of drug-likeness (QED) is 0.885. The number of aliphatic hydroxyl groups is 1. The van der Waals surface area contributed by atoms with Gasteiger partial charge in [0, 0.05) is 18.8 Å². The van der Waals surface area contributed by atoms with Crippen LogP contribution in [0.4, 0.5) is 5.69 Å². The number of nitrogens with zero attached hydrogens (tertiary/aromatic N) is 2. The molecule has 0 aromatic heterocycles. The molecular weight excluding hydrogens is 240 g/mol. The summed E-state index contributed by atoms with van der Waals surface area (Å²) in [6, 6.07) is 7.72. The molecule has 0 heterocycles. The summed E-state index contributed by atoms with van der Waals surface area (Å²) in [6.07, 6.45) is 0. The topological polar surface area (TPSA) is 43.8 Å². The highest BCUT2D eigenvalue weighted by molar-refractivity contribution is 5.94. The largest absolute Gasteiger partial charge is 0.387 e. The van der Waals surface area contributed by atoms with E-state index in [0.717, 1.165) is 17.8 Å². The molecule has 1 aromatic carbocycles. The summed E-state index contributed by atoms with van der Waals surface area (Å²) in [5.74, 6) is -0.268. The second-order valence-electron chi connectivity index (χ2n) is 4.34. The smallest absolute Gasteiger partial charge is 0.252 e. The Morgan fingerprint density at radius 2 is 1.63 bits per heavy atom. The molecule has 0 unspecified atom stereocenters. The minimum absolute atomic E-state index is 0.268. The van der Waals surface area contributed by atoms with Crippen LogP contribution in [0.2, 0.25) is 0 Å². The first-order valence-electron chi connectivity index (χ1n) is 6.67. The van der Waals surface area contributed by atoms with Gasteiger partial charge in [-0.25, -0.2) is 0 Å². The van der Waals surface area contributed by atoms with Crippen molar-refractivity contribution < 1.29 is 9.90 Å². The number of hydrogen-bond donors (Lipinski definition) is 1. The zero-order valence-electron chi connectivity index (χ0n) is 12.7. The molecule has 1 aromatic rings. The maximum Gasteiger partial charge on any atom is 0.252 e. The zero-order chi connectivity index (χ0) is 14.8. The Labute approximate surface area is 116 Å². The van der Waals surface area contributed by atoms with Crippen LogP contribution in [0.3, 0.4) is 0 Å². The van der Waals surface area contributed by atoms with E-state index in [9.17, 15) is 4.79 Å². The van der Waals surface area contributed by atoms with E-state index in [-0.39, 0.29) is 5.91 Å². The average molecular weight is 266 g/mol. The number of aliphatic hydroxyl groups excluding tert-OH is 1. The van der Waals surface area contributed by atoms with E-state index in [1.54, 1.807) is 4.90 Å². The van der Waals surface area contributed by atoms with Crippen molar-refractivity contribution in [3.63, 3.8) is 0 Å². The number of benzene rings is 1. The van der Waals surface area contributed by atoms with E-state index >= 15 is 0 Å². The van der Waals surface area contributed by atoms with Gasteiger partial charge in [0.05, 0.1) is 0 Å². The highest BCUT2D eigenvalue weighted by atomic mass is 16.3. The van der Waals surface area contributed by atoms with E-state index in [1.165, 1.54) is 0 Å². The predicted molar refractivity (Wildman–Crippen MR) is 80.5 cm³/mol. The summed E-state index contributed by atoms with van der Waals surface area (Å²) < 4.78 is 0. The maximum atomic E-state index is 11.7. The fourth-order valence-corrected chi connectivity index (χ4v) is 1.51. The first-order valence-corrected chi connectivity index (χ1v) is 6.67. The minimum Gasteiger partial charge on any atom is -0.387 e. The van der Waals surface area contributed by atoms with Gasteiger partial charge in [-0.05, 0) is 33.2 Å². The number of anilines is 1. The third kappa shape index (κ3) is 6.36. The van der Waals surface area contributed by atoms with Crippen LogP contribution in [-0.4, -0.2) is 49.7 Å². The van der Waals surface area contributed by atoms with Crippen molar-refractivity contribution in [1.82, 2.24) is 4.90 Å². The van der Waals surface area contributed by atoms with Crippen LogP contribution in [0.15, 0.2) is 24.3 Å². The number of rotatable bonds is 5. The van der Waals surface area contributed by atoms with Gasteiger partial charge in [0.25, 0.3) is 5.91 Å². The van der Waals surface area contributed by atoms with Crippen LogP contribution < -0.4 is 4.90 Å². The van der Waals surface area contributed by atoms with Crippen molar-refractivity contribution in [2.75, 3.05) is 38.7 Å². The van der Waals surface area contributed by atoms with E-state index in [2.05, 4.69) is 0 Å². The lowest BCUT2D eigenvalue weighted by Crippen LogP contribution is -2.38. The van der Waals surface area contributed by atoms with Gasteiger partial charge in [-0.2, -0.15) is 0 Å². The first-order chi connectivity index (χ1) is 9.04. The Balaban J connectivity index is 0.00000154. The number of aryl methyl sites for hydroxylation is 1. The molecule has 1 rings (SSSR count). The lowest BCUT2D eigenvalue weighted by atomic mass is 10.2. The molecule has 0 aliphatic rings. The number of carbonyl (C=O) groups is 1. The molecule has 0 aliphatic heterocycles. The molecule has 0 fully saturated rings. The van der Waals surface area contributed by atoms with E-state index in [4.69, 9.17) is 5.11 Å². The van der Waals surface area contributed by atoms with Crippen molar-refractivity contribution in [2.45, 2.75) is 20.8 Å². The van der Waals surface area contributed by atoms with Gasteiger partial charge in [-0.3, -0.25) is 4.79 Å². The van der Waals surface area contributed by atoms with Gasteiger partial charge in [0.15, 0.2) is 0 Å². The van der Waals surface area contributed by atoms with Gasteiger partial charge < -0.3 is 14.9 Å². The second kappa shape index (κ2) is 9.53. The van der Waals surface area contributed by atoms with Crippen LogP contribution >= 0.6 is 0 Å². The molecule has 0 spiro atoms. The molecule has 0 atom stereocenters. The van der Waals surface area contributed by atoms with Crippen LogP contribution in [0, 0.1) is 6.92 Å². The first kappa shape index (κ1) is 17.6. The second-order valence-corrected chi connectivity index (χ2v) is 4.34. The fourth-order valence-electron chi connectivity index (χ4n) is 1.51. The molecule has 0 radical (unpaired) electrons. The van der Waals surface area contributed by atoms with Crippen LogP contribution in [0.5, 0.6) is 0 Å². The summed E-state index contributed by atoms with van der Waals surface area (Å²) in [4.78, 5) is 15.3. The molecule has 0 saturated carbocycles. The highest BCUT2D eigenvalue weighted by Crippen LogP contribution is 2.15. The number of likely N-dealkylation sites (N-methyl/N-ethyl adjacent to an activating group) is 1. The Kier molecular flexibility index (Phi) is 8.83. The molecule has 0 saturated heterocycles. The van der Waals surface area contributed by atoms with Crippen LogP contribution in [0.25, 0.3) is 0 Å². The van der Waals surface area contributed by atoms with Gasteiger partial charge in [-0.15, -0.1) is 0 Å². The summed E-state index contributed by atoms with van der Waals surface area (Å²) in [5, 5.41) is 8.98. The lowest BCUT2D eigenvalue weighted by molar-refractivity contribution is -0.121. The average Bonchev–Trinajstić information content (AvgIpc) is 2.42. The predicted octanol–water partition coefficient (Wildman–Crippen LogP) is 1.91. The van der Waals surface area contributed by atoms with Gasteiger partial charge in [0.1, 0.15) is 6.61 Å². The van der Waals surface area contributed by atoms with Gasteiger partial charge >= 0.3 is 0 Å². The molecule has 4 heteroatoms. The minimum atomic E-state index is -0.457. The van der Waals surface area contributed by atoms with Crippen LogP contribution in [-0.2, 0) is 4.79 Å². The van der Waals surface area contributed by atoms with Crippen molar-refractivity contribution in [1.29, 1.82) is 0 Å². The number of hydrogen-bond acceptors (Lipinski definition) is 3. The van der Waals surface area contributed by atoms with Gasteiger partial charge in [0.2, 0.25) is 0 Å². The molecule has 108 valence electrons. The molecular formula is C15H26N2O2. The summed E-state index contributed by atoms with van der Waals surface area (Å²) >= 11 is 0. The third-order valence-electron chi connectivity index (χ3n) is 2.55. The highest BCUT2D eigenvalue weighted by Gasteiger charge is 2.14. The standard InChI is InChI=1S/C13H20N2O2.C2H6/c1-11-4-6-12(7-5-11)15(13(17)10-16)9-8-14(2)3;1-2/h4-7,16H,8-10H2,1-3H3;1-2H3. The van der Waals surface area contributed by atoms with E-state index < -0.39 is 6.61 Å². The maximum absolute atomic E-state index is 11.7. The summed E-state index contributed by atoms with van der Waals surface area (Å²) in [7, 11) is 3.91. The fraction of sp³-hybridized carbons (Fsp3) is 0.533. The third-order valence-corrected chi connectivity index (χ3v) is 2.55. The van der Waals surface area contributed by atoms with E-state index in [0.29, 0.717) is 6.54 Å². The molecule has 1 amide bonds. The molecule has 19 heavy (non-hydrogen) atoms. The van der Waals surface area contributed by atoms with Crippen molar-refractivity contribution in [3.05, 3.63) is 29.8 Å². The summed E-state index contributed by atoms with van der Waals surface area (Å²) in [5.41, 5.74) is 1.98. The van der Waals surface area contributed by atoms with Gasteiger partial charge in [-0.1, -0.05) is 31.5 Å². The number of carbonyl (C=O) groups excluding carboxylic acids is 1. The molecule has 4 nitrogen and oxygen atoms in total. The molecule has 1 N–H and O–H groups in total. The Hall–Kier alpha value is -1.39. The number of amides is 1. The Bertz CT molecular complexity index is 361. The molecule has 0 aliphatic carbocycles. The SMILES string of the molecule is CC.Cc1ccc(N(CCN(C)C)C(=O)CO)cc1. The van der Waals surface area contributed by atoms with Crippen molar-refractivity contribution >= 4 is 11.6 Å². The molecule has 0 bridgehead atoms. The zero-order valence-corrected chi connectivity index (χ0v) is 12.7. The Morgan fingerprint density at radius 1 is 1.11 bits per heavy atom. The monoisotopic (exact) mass is 266 g/mol. The normalized spacial score (nSPS) is 9.84. The Morgan fingerprint density at radius 3 is 2.05 bits per heavy atom.